The third-order valence-corrected chi connectivity index (χ3v) is 4.85. The zero-order valence-electron chi connectivity index (χ0n) is 14.0. The highest BCUT2D eigenvalue weighted by molar-refractivity contribution is 5.74. The number of rotatable bonds is 2. The summed E-state index contributed by atoms with van der Waals surface area (Å²) in [6.07, 6.45) is -0.955. The highest BCUT2D eigenvalue weighted by Crippen LogP contribution is 2.56. The molecule has 9 heteroatoms. The fourth-order valence-electron chi connectivity index (χ4n) is 3.52. The molecule has 0 saturated carbocycles. The van der Waals surface area contributed by atoms with Gasteiger partial charge in [-0.25, -0.2) is 4.99 Å². The van der Waals surface area contributed by atoms with Crippen LogP contribution < -0.4 is 10.5 Å². The minimum Gasteiger partial charge on any atom is -0.485 e. The van der Waals surface area contributed by atoms with Crippen LogP contribution in [0.4, 0.5) is 14.5 Å². The lowest BCUT2D eigenvalue weighted by atomic mass is 9.75. The van der Waals surface area contributed by atoms with Crippen LogP contribution in [0, 0.1) is 10.1 Å². The van der Waals surface area contributed by atoms with Gasteiger partial charge in [0.05, 0.1) is 4.92 Å². The van der Waals surface area contributed by atoms with Crippen molar-refractivity contribution in [2.24, 2.45) is 10.7 Å². The number of nitro benzene ring substituents is 1. The number of fused-ring (bicyclic) bond motifs is 2. The van der Waals surface area contributed by atoms with Gasteiger partial charge in [-0.2, -0.15) is 8.78 Å². The van der Waals surface area contributed by atoms with Gasteiger partial charge in [-0.15, -0.1) is 0 Å². The molecule has 2 atom stereocenters. The molecule has 0 amide bonds. The number of non-ortho nitro benzene ring substituents is 1. The molecule has 2 aromatic carbocycles. The number of aliphatic imine (C=N–C) groups is 1. The van der Waals surface area contributed by atoms with Crippen molar-refractivity contribution in [3.8, 4) is 5.75 Å². The summed E-state index contributed by atoms with van der Waals surface area (Å²) in [7, 11) is 0. The van der Waals surface area contributed by atoms with E-state index in [2.05, 4.69) is 4.99 Å². The first kappa shape index (κ1) is 17.2. The number of hydrogen-bond acceptors (Lipinski definition) is 6. The Kier molecular flexibility index (Phi) is 3.76. The molecule has 1 unspecified atom stereocenters. The highest BCUT2D eigenvalue weighted by Gasteiger charge is 2.62. The fourth-order valence-corrected chi connectivity index (χ4v) is 3.52. The van der Waals surface area contributed by atoms with Gasteiger partial charge in [0.1, 0.15) is 11.9 Å². The Bertz CT molecular complexity index is 935. The van der Waals surface area contributed by atoms with Crippen LogP contribution in [0.1, 0.15) is 23.7 Å². The van der Waals surface area contributed by atoms with Crippen molar-refractivity contribution in [3.05, 3.63) is 69.8 Å². The van der Waals surface area contributed by atoms with Crippen LogP contribution in [0.2, 0.25) is 0 Å². The van der Waals surface area contributed by atoms with Crippen LogP contribution in [0.25, 0.3) is 0 Å². The number of nitrogens with zero attached hydrogens (tertiary/aromatic N) is 2. The maximum atomic E-state index is 15.1. The monoisotopic (exact) mass is 375 g/mol. The molecule has 0 radical (unpaired) electrons. The van der Waals surface area contributed by atoms with Crippen molar-refractivity contribution >= 4 is 11.7 Å². The molecule has 2 aliphatic rings. The summed E-state index contributed by atoms with van der Waals surface area (Å²) < 4.78 is 40.9. The van der Waals surface area contributed by atoms with Crippen molar-refractivity contribution in [3.63, 3.8) is 0 Å². The molecule has 2 N–H and O–H groups in total. The fraction of sp³-hybridized carbons (Fsp3) is 0.278. The van der Waals surface area contributed by atoms with Gasteiger partial charge in [0, 0.05) is 24.1 Å². The Hall–Kier alpha value is -3.23. The van der Waals surface area contributed by atoms with E-state index in [9.17, 15) is 10.1 Å². The molecule has 27 heavy (non-hydrogen) atoms. The summed E-state index contributed by atoms with van der Waals surface area (Å²) in [5.74, 6) is -3.32. The summed E-state index contributed by atoms with van der Waals surface area (Å²) in [4.78, 5) is 14.5. The van der Waals surface area contributed by atoms with Crippen LogP contribution in [0.3, 0.4) is 0 Å². The first-order valence-electron chi connectivity index (χ1n) is 8.19. The average Bonchev–Trinajstić information content (AvgIpc) is 2.65. The molecule has 7 nitrogen and oxygen atoms in total. The summed E-state index contributed by atoms with van der Waals surface area (Å²) in [6, 6.07) is 12.1. The van der Waals surface area contributed by atoms with E-state index < -0.39 is 29.1 Å². The lowest BCUT2D eigenvalue weighted by molar-refractivity contribution is -0.385. The van der Waals surface area contributed by atoms with Crippen molar-refractivity contribution in [1.82, 2.24) is 0 Å². The predicted molar refractivity (Wildman–Crippen MR) is 91.7 cm³/mol. The second kappa shape index (κ2) is 5.90. The van der Waals surface area contributed by atoms with Crippen LogP contribution in [0.15, 0.2) is 53.5 Å². The van der Waals surface area contributed by atoms with E-state index in [0.29, 0.717) is 5.56 Å². The number of halogens is 2. The third-order valence-electron chi connectivity index (χ3n) is 4.85. The number of nitro groups is 1. The lowest BCUT2D eigenvalue weighted by Gasteiger charge is -2.45. The van der Waals surface area contributed by atoms with E-state index in [1.165, 1.54) is 12.1 Å². The SMILES string of the molecule is NC1=N[C@@]2(CC(c3ccccc3)Oc3ccc([N+](=O)[O-])cc32)C(F)(F)CO1. The molecule has 0 saturated heterocycles. The van der Waals surface area contributed by atoms with E-state index in [1.54, 1.807) is 30.3 Å². The van der Waals surface area contributed by atoms with E-state index >= 15 is 8.78 Å². The van der Waals surface area contributed by atoms with Crippen LogP contribution in [-0.4, -0.2) is 23.5 Å². The van der Waals surface area contributed by atoms with Gasteiger partial charge >= 0.3 is 5.92 Å². The van der Waals surface area contributed by atoms with Gasteiger partial charge in [-0.1, -0.05) is 30.3 Å². The quantitative estimate of drug-likeness (QED) is 0.641. The molecule has 2 heterocycles. The number of benzene rings is 2. The normalized spacial score (nSPS) is 25.7. The van der Waals surface area contributed by atoms with Gasteiger partial charge in [-0.05, 0) is 11.6 Å². The van der Waals surface area contributed by atoms with E-state index in [4.69, 9.17) is 15.2 Å². The molecule has 0 bridgehead atoms. The molecule has 2 aromatic rings. The number of hydrogen-bond donors (Lipinski definition) is 1. The Morgan fingerprint density at radius 3 is 2.67 bits per heavy atom. The predicted octanol–water partition coefficient (Wildman–Crippen LogP) is 3.29. The Morgan fingerprint density at radius 1 is 1.22 bits per heavy atom. The number of alkyl halides is 2. The Balaban J connectivity index is 1.94. The summed E-state index contributed by atoms with van der Waals surface area (Å²) in [5.41, 5.74) is 3.80. The Labute approximate surface area is 152 Å². The van der Waals surface area contributed by atoms with E-state index in [-0.39, 0.29) is 29.4 Å². The van der Waals surface area contributed by atoms with E-state index in [1.807, 2.05) is 0 Å². The molecule has 4 rings (SSSR count). The van der Waals surface area contributed by atoms with E-state index in [0.717, 1.165) is 6.07 Å². The largest absolute Gasteiger partial charge is 0.485 e. The first-order valence-corrected chi connectivity index (χ1v) is 8.19. The standard InChI is InChI=1S/C18H15F2N3O4/c19-18(20)10-26-16(21)22-17(18)9-15(11-4-2-1-3-5-11)27-14-7-6-12(23(24)25)8-13(14)17/h1-8,15H,9-10H2,(H2,21,22)/t15?,17-/m1/s1. The van der Waals surface area contributed by atoms with Crippen LogP contribution in [-0.2, 0) is 10.3 Å². The van der Waals surface area contributed by atoms with Crippen LogP contribution >= 0.6 is 0 Å². The van der Waals surface area contributed by atoms with Crippen molar-refractivity contribution < 1.29 is 23.2 Å². The summed E-state index contributed by atoms with van der Waals surface area (Å²) in [6.45, 7) is -0.966. The number of amidine groups is 1. The zero-order chi connectivity index (χ0) is 19.2. The molecule has 0 aromatic heterocycles. The maximum Gasteiger partial charge on any atom is 0.310 e. The highest BCUT2D eigenvalue weighted by atomic mass is 19.3. The van der Waals surface area contributed by atoms with Gasteiger partial charge < -0.3 is 15.2 Å². The molecule has 0 fully saturated rings. The molecule has 140 valence electrons. The summed E-state index contributed by atoms with van der Waals surface area (Å²) >= 11 is 0. The number of ether oxygens (including phenoxy) is 2. The number of nitrogens with two attached hydrogens (primary N) is 1. The van der Waals surface area contributed by atoms with Gasteiger partial charge in [0.25, 0.3) is 11.7 Å². The Morgan fingerprint density at radius 2 is 1.96 bits per heavy atom. The van der Waals surface area contributed by atoms with Gasteiger partial charge in [0.15, 0.2) is 12.1 Å². The summed E-state index contributed by atoms with van der Waals surface area (Å²) in [5, 5.41) is 11.2. The van der Waals surface area contributed by atoms with Crippen molar-refractivity contribution in [1.29, 1.82) is 0 Å². The topological polar surface area (TPSA) is 100.0 Å². The average molecular weight is 375 g/mol. The second-order valence-electron chi connectivity index (χ2n) is 6.46. The van der Waals surface area contributed by atoms with Gasteiger partial charge in [0.2, 0.25) is 0 Å². The third kappa shape index (κ3) is 2.66. The maximum absolute atomic E-state index is 15.1. The molecule has 0 aliphatic carbocycles. The molecule has 2 aliphatic heterocycles. The van der Waals surface area contributed by atoms with Crippen molar-refractivity contribution in [2.45, 2.75) is 24.0 Å². The van der Waals surface area contributed by atoms with Crippen LogP contribution in [0.5, 0.6) is 5.75 Å². The smallest absolute Gasteiger partial charge is 0.310 e. The molecular weight excluding hydrogens is 360 g/mol. The molecule has 1 spiro atoms. The second-order valence-corrected chi connectivity index (χ2v) is 6.46. The van der Waals surface area contributed by atoms with Crippen molar-refractivity contribution in [2.75, 3.05) is 6.61 Å². The minimum atomic E-state index is -3.43. The lowest BCUT2D eigenvalue weighted by Crippen LogP contribution is -2.55. The molecular formula is C18H15F2N3O4. The minimum absolute atomic E-state index is 0.0693. The zero-order valence-corrected chi connectivity index (χ0v) is 14.0. The first-order chi connectivity index (χ1) is 12.8. The van der Waals surface area contributed by atoms with Gasteiger partial charge in [-0.3, -0.25) is 10.1 Å².